The molecule has 0 aliphatic carbocycles. The topological polar surface area (TPSA) is 40.5 Å². The van der Waals surface area contributed by atoms with Gasteiger partial charge in [0.15, 0.2) is 0 Å². The SMILES string of the molecule is CCC(C(C)C)N1CCCCC1CC(=O)O. The Balaban J connectivity index is 2.67. The van der Waals surface area contributed by atoms with Gasteiger partial charge in [-0.3, -0.25) is 9.69 Å². The van der Waals surface area contributed by atoms with E-state index in [0.29, 0.717) is 18.4 Å². The van der Waals surface area contributed by atoms with Crippen LogP contribution in [-0.2, 0) is 4.79 Å². The van der Waals surface area contributed by atoms with Crippen LogP contribution in [0.15, 0.2) is 0 Å². The van der Waals surface area contributed by atoms with E-state index < -0.39 is 5.97 Å². The van der Waals surface area contributed by atoms with Crippen molar-refractivity contribution in [3.63, 3.8) is 0 Å². The van der Waals surface area contributed by atoms with Gasteiger partial charge >= 0.3 is 5.97 Å². The summed E-state index contributed by atoms with van der Waals surface area (Å²) in [6.07, 6.45) is 4.88. The maximum Gasteiger partial charge on any atom is 0.304 e. The zero-order valence-electron chi connectivity index (χ0n) is 10.8. The molecule has 1 aliphatic heterocycles. The standard InChI is InChI=1S/C13H25NO2/c1-4-12(10(2)3)14-8-6-5-7-11(14)9-13(15)16/h10-12H,4-9H2,1-3H3,(H,15,16). The number of piperidine rings is 1. The third kappa shape index (κ3) is 3.48. The summed E-state index contributed by atoms with van der Waals surface area (Å²) in [6, 6.07) is 0.809. The first-order valence-corrected chi connectivity index (χ1v) is 6.53. The number of carbonyl (C=O) groups is 1. The van der Waals surface area contributed by atoms with E-state index in [1.165, 1.54) is 12.8 Å². The number of hydrogen-bond acceptors (Lipinski definition) is 2. The predicted octanol–water partition coefficient (Wildman–Crippen LogP) is 2.75. The fourth-order valence-electron chi connectivity index (χ4n) is 2.97. The minimum Gasteiger partial charge on any atom is -0.481 e. The van der Waals surface area contributed by atoms with E-state index in [1.807, 2.05) is 0 Å². The van der Waals surface area contributed by atoms with Crippen molar-refractivity contribution in [3.8, 4) is 0 Å². The summed E-state index contributed by atoms with van der Waals surface area (Å²) >= 11 is 0. The van der Waals surface area contributed by atoms with Crippen LogP contribution < -0.4 is 0 Å². The summed E-state index contributed by atoms with van der Waals surface area (Å²) < 4.78 is 0. The van der Waals surface area contributed by atoms with Gasteiger partial charge in [-0.05, 0) is 31.7 Å². The van der Waals surface area contributed by atoms with Gasteiger partial charge in [0.2, 0.25) is 0 Å². The van der Waals surface area contributed by atoms with Gasteiger partial charge in [0.1, 0.15) is 0 Å². The Morgan fingerprint density at radius 2 is 2.12 bits per heavy atom. The first kappa shape index (κ1) is 13.5. The van der Waals surface area contributed by atoms with Crippen molar-refractivity contribution in [2.24, 2.45) is 5.92 Å². The van der Waals surface area contributed by atoms with E-state index >= 15 is 0 Å². The van der Waals surface area contributed by atoms with Gasteiger partial charge in [0.25, 0.3) is 0 Å². The van der Waals surface area contributed by atoms with E-state index in [2.05, 4.69) is 25.7 Å². The minimum absolute atomic E-state index is 0.263. The van der Waals surface area contributed by atoms with Crippen LogP contribution in [0.3, 0.4) is 0 Å². The Hall–Kier alpha value is -0.570. The molecule has 1 heterocycles. The molecule has 1 saturated heterocycles. The summed E-state index contributed by atoms with van der Waals surface area (Å²) in [5.41, 5.74) is 0. The van der Waals surface area contributed by atoms with Crippen molar-refractivity contribution < 1.29 is 9.90 Å². The fraction of sp³-hybridized carbons (Fsp3) is 0.923. The van der Waals surface area contributed by atoms with Crippen LogP contribution in [0, 0.1) is 5.92 Å². The monoisotopic (exact) mass is 227 g/mol. The van der Waals surface area contributed by atoms with Gasteiger partial charge in [-0.1, -0.05) is 27.2 Å². The molecule has 94 valence electrons. The molecule has 0 spiro atoms. The molecule has 0 amide bonds. The molecular weight excluding hydrogens is 202 g/mol. The van der Waals surface area contributed by atoms with Crippen LogP contribution in [0.1, 0.15) is 52.9 Å². The van der Waals surface area contributed by atoms with Crippen LogP contribution in [0.5, 0.6) is 0 Å². The highest BCUT2D eigenvalue weighted by Gasteiger charge is 2.30. The molecule has 0 aromatic carbocycles. The van der Waals surface area contributed by atoms with E-state index in [9.17, 15) is 4.79 Å². The average Bonchev–Trinajstić information content (AvgIpc) is 2.20. The van der Waals surface area contributed by atoms with Gasteiger partial charge in [-0.15, -0.1) is 0 Å². The molecule has 2 unspecified atom stereocenters. The van der Waals surface area contributed by atoms with Crippen LogP contribution in [0.25, 0.3) is 0 Å². The lowest BCUT2D eigenvalue weighted by Crippen LogP contribution is -2.49. The van der Waals surface area contributed by atoms with E-state index in [4.69, 9.17) is 5.11 Å². The van der Waals surface area contributed by atoms with Crippen LogP contribution in [-0.4, -0.2) is 34.6 Å². The van der Waals surface area contributed by atoms with E-state index in [-0.39, 0.29) is 6.04 Å². The Bertz CT molecular complexity index is 228. The number of hydrogen-bond donors (Lipinski definition) is 1. The maximum atomic E-state index is 10.9. The molecule has 0 aromatic heterocycles. The first-order chi connectivity index (χ1) is 7.56. The van der Waals surface area contributed by atoms with Crippen molar-refractivity contribution >= 4 is 5.97 Å². The van der Waals surface area contributed by atoms with Crippen LogP contribution >= 0.6 is 0 Å². The normalized spacial score (nSPS) is 24.6. The van der Waals surface area contributed by atoms with Crippen molar-refractivity contribution in [2.45, 2.75) is 65.0 Å². The smallest absolute Gasteiger partial charge is 0.304 e. The number of nitrogens with zero attached hydrogens (tertiary/aromatic N) is 1. The lowest BCUT2D eigenvalue weighted by Gasteiger charge is -2.42. The largest absolute Gasteiger partial charge is 0.481 e. The van der Waals surface area contributed by atoms with Crippen molar-refractivity contribution in [1.29, 1.82) is 0 Å². The molecule has 1 fully saturated rings. The Kier molecular flexibility index (Phi) is 5.26. The molecule has 3 heteroatoms. The predicted molar refractivity (Wildman–Crippen MR) is 65.5 cm³/mol. The highest BCUT2D eigenvalue weighted by atomic mass is 16.4. The molecule has 1 N–H and O–H groups in total. The second kappa shape index (κ2) is 6.24. The number of likely N-dealkylation sites (tertiary alicyclic amines) is 1. The quantitative estimate of drug-likeness (QED) is 0.785. The molecule has 2 atom stereocenters. The van der Waals surface area contributed by atoms with Crippen LogP contribution in [0.2, 0.25) is 0 Å². The molecule has 0 radical (unpaired) electrons. The fourth-order valence-corrected chi connectivity index (χ4v) is 2.97. The number of aliphatic carboxylic acids is 1. The van der Waals surface area contributed by atoms with Gasteiger partial charge in [0, 0.05) is 12.1 Å². The minimum atomic E-state index is -0.657. The number of rotatable bonds is 5. The Labute approximate surface area is 98.8 Å². The first-order valence-electron chi connectivity index (χ1n) is 6.53. The summed E-state index contributed by atoms with van der Waals surface area (Å²) in [4.78, 5) is 13.3. The molecule has 3 nitrogen and oxygen atoms in total. The summed E-state index contributed by atoms with van der Waals surface area (Å²) in [5.74, 6) is -0.0464. The lowest BCUT2D eigenvalue weighted by atomic mass is 9.92. The van der Waals surface area contributed by atoms with Gasteiger partial charge in [-0.2, -0.15) is 0 Å². The highest BCUT2D eigenvalue weighted by molar-refractivity contribution is 5.67. The molecule has 0 saturated carbocycles. The number of carboxylic acids is 1. The molecule has 0 aromatic rings. The van der Waals surface area contributed by atoms with E-state index in [0.717, 1.165) is 19.4 Å². The maximum absolute atomic E-state index is 10.9. The second-order valence-electron chi connectivity index (χ2n) is 5.20. The molecule has 0 bridgehead atoms. The zero-order valence-corrected chi connectivity index (χ0v) is 10.8. The molecule has 1 aliphatic rings. The summed E-state index contributed by atoms with van der Waals surface area (Å²) in [6.45, 7) is 7.76. The second-order valence-corrected chi connectivity index (χ2v) is 5.20. The van der Waals surface area contributed by atoms with Gasteiger partial charge in [0.05, 0.1) is 6.42 Å². The van der Waals surface area contributed by atoms with Crippen molar-refractivity contribution in [2.75, 3.05) is 6.54 Å². The molecule has 1 rings (SSSR count). The van der Waals surface area contributed by atoms with Gasteiger partial charge in [-0.25, -0.2) is 0 Å². The Morgan fingerprint density at radius 3 is 2.62 bits per heavy atom. The molecule has 16 heavy (non-hydrogen) atoms. The summed E-state index contributed by atoms with van der Waals surface area (Å²) in [5, 5.41) is 8.95. The van der Waals surface area contributed by atoms with E-state index in [1.54, 1.807) is 0 Å². The summed E-state index contributed by atoms with van der Waals surface area (Å²) in [7, 11) is 0. The number of carboxylic acid groups (broad SMARTS) is 1. The molecular formula is C13H25NO2. The highest BCUT2D eigenvalue weighted by Crippen LogP contribution is 2.26. The average molecular weight is 227 g/mol. The van der Waals surface area contributed by atoms with Crippen molar-refractivity contribution in [1.82, 2.24) is 4.90 Å². The van der Waals surface area contributed by atoms with Crippen LogP contribution in [0.4, 0.5) is 0 Å². The van der Waals surface area contributed by atoms with Gasteiger partial charge < -0.3 is 5.11 Å². The lowest BCUT2D eigenvalue weighted by molar-refractivity contribution is -0.139. The Morgan fingerprint density at radius 1 is 1.44 bits per heavy atom. The zero-order chi connectivity index (χ0) is 12.1. The third-order valence-corrected chi connectivity index (χ3v) is 3.70. The third-order valence-electron chi connectivity index (χ3n) is 3.70. The van der Waals surface area contributed by atoms with Crippen molar-refractivity contribution in [3.05, 3.63) is 0 Å².